The summed E-state index contributed by atoms with van der Waals surface area (Å²) < 4.78 is 34.4. The van der Waals surface area contributed by atoms with E-state index in [0.717, 1.165) is 6.26 Å². The molecule has 2 heterocycles. The van der Waals surface area contributed by atoms with Gasteiger partial charge in [0.15, 0.2) is 9.84 Å². The number of aromatic nitrogens is 2. The zero-order valence-corrected chi connectivity index (χ0v) is 14.5. The molecule has 2 aromatic heterocycles. The molecule has 0 aliphatic carbocycles. The van der Waals surface area contributed by atoms with Gasteiger partial charge in [-0.15, -0.1) is 5.10 Å². The van der Waals surface area contributed by atoms with Crippen LogP contribution in [0.1, 0.15) is 21.9 Å². The number of nitrogens with one attached hydrogen (secondary N) is 1. The van der Waals surface area contributed by atoms with Crippen LogP contribution in [0.3, 0.4) is 0 Å². The molecule has 25 heavy (non-hydrogen) atoms. The summed E-state index contributed by atoms with van der Waals surface area (Å²) in [5.74, 6) is 0.616. The average Bonchev–Trinajstić information content (AvgIpc) is 3.12. The molecule has 1 aromatic carbocycles. The molecule has 0 aliphatic heterocycles. The molecule has 1 amide bonds. The number of carbonyl (C=O) groups is 1. The second-order valence-corrected chi connectivity index (χ2v) is 7.45. The van der Waals surface area contributed by atoms with E-state index in [1.54, 1.807) is 38.1 Å². The highest BCUT2D eigenvalue weighted by Gasteiger charge is 2.20. The van der Waals surface area contributed by atoms with Crippen LogP contribution in [0.15, 0.2) is 44.1 Å². The van der Waals surface area contributed by atoms with Crippen molar-refractivity contribution in [1.29, 1.82) is 0 Å². The molecule has 0 spiro atoms. The van der Waals surface area contributed by atoms with Crippen LogP contribution >= 0.6 is 0 Å². The molecule has 0 radical (unpaired) electrons. The van der Waals surface area contributed by atoms with Gasteiger partial charge in [0.05, 0.1) is 16.0 Å². The van der Waals surface area contributed by atoms with Gasteiger partial charge in [0, 0.05) is 6.26 Å². The monoisotopic (exact) mass is 361 g/mol. The van der Waals surface area contributed by atoms with E-state index < -0.39 is 15.7 Å². The number of rotatable bonds is 4. The Labute approximate surface area is 143 Å². The lowest BCUT2D eigenvalue weighted by Crippen LogP contribution is -2.12. The average molecular weight is 361 g/mol. The first kappa shape index (κ1) is 16.9. The number of carbonyl (C=O) groups excluding carboxylic acids is 1. The van der Waals surface area contributed by atoms with Crippen LogP contribution in [0, 0.1) is 13.8 Å². The van der Waals surface area contributed by atoms with Crippen molar-refractivity contribution in [2.24, 2.45) is 0 Å². The van der Waals surface area contributed by atoms with Crippen molar-refractivity contribution in [3.63, 3.8) is 0 Å². The van der Waals surface area contributed by atoms with Gasteiger partial charge in [0.2, 0.25) is 0 Å². The summed E-state index contributed by atoms with van der Waals surface area (Å²) >= 11 is 0. The predicted octanol–water partition coefficient (Wildman–Crippen LogP) is 2.60. The number of hydrogen-bond acceptors (Lipinski definition) is 7. The number of sulfone groups is 1. The van der Waals surface area contributed by atoms with Crippen molar-refractivity contribution < 1.29 is 22.0 Å². The standard InChI is InChI=1S/C16H15N3O5S/c1-9-8-12(10(2)23-9)14(20)17-16-19-18-15(24-16)11-6-4-5-7-13(11)25(3,21)22/h4-8H,1-3H3,(H,17,19,20). The Hall–Kier alpha value is -2.94. The quantitative estimate of drug-likeness (QED) is 0.759. The highest BCUT2D eigenvalue weighted by molar-refractivity contribution is 7.90. The van der Waals surface area contributed by atoms with Crippen molar-refractivity contribution in [2.75, 3.05) is 11.6 Å². The zero-order valence-electron chi connectivity index (χ0n) is 13.7. The molecule has 0 aliphatic rings. The van der Waals surface area contributed by atoms with Crippen molar-refractivity contribution in [1.82, 2.24) is 10.2 Å². The SMILES string of the molecule is Cc1cc(C(=O)Nc2nnc(-c3ccccc3S(C)(=O)=O)o2)c(C)o1. The predicted molar refractivity (Wildman–Crippen MR) is 89.0 cm³/mol. The fourth-order valence-electron chi connectivity index (χ4n) is 2.37. The number of anilines is 1. The molecule has 3 aromatic rings. The molecule has 3 rings (SSSR count). The van der Waals surface area contributed by atoms with Crippen molar-refractivity contribution >= 4 is 21.8 Å². The third-order valence-electron chi connectivity index (χ3n) is 3.45. The van der Waals surface area contributed by atoms with E-state index in [-0.39, 0.29) is 22.4 Å². The summed E-state index contributed by atoms with van der Waals surface area (Å²) in [5.41, 5.74) is 0.627. The first-order chi connectivity index (χ1) is 11.8. The van der Waals surface area contributed by atoms with Crippen LogP contribution in [-0.4, -0.2) is 30.8 Å². The molecule has 8 nitrogen and oxygen atoms in total. The molecule has 130 valence electrons. The maximum absolute atomic E-state index is 12.2. The summed E-state index contributed by atoms with van der Waals surface area (Å²) in [6.45, 7) is 3.40. The number of nitrogens with zero attached hydrogens (tertiary/aromatic N) is 2. The second kappa shape index (κ2) is 6.17. The fraction of sp³-hybridized carbons (Fsp3) is 0.188. The molecule has 0 bridgehead atoms. The molecule has 0 unspecified atom stereocenters. The molecular formula is C16H15N3O5S. The maximum atomic E-state index is 12.2. The van der Waals surface area contributed by atoms with Gasteiger partial charge in [-0.05, 0) is 32.0 Å². The second-order valence-electron chi connectivity index (χ2n) is 5.46. The van der Waals surface area contributed by atoms with Crippen LogP contribution in [0.5, 0.6) is 0 Å². The Bertz CT molecular complexity index is 1050. The Morgan fingerprint density at radius 1 is 1.12 bits per heavy atom. The summed E-state index contributed by atoms with van der Waals surface area (Å²) in [6.07, 6.45) is 1.09. The van der Waals surface area contributed by atoms with Gasteiger partial charge in [0.1, 0.15) is 11.5 Å². The van der Waals surface area contributed by atoms with E-state index >= 15 is 0 Å². The minimum atomic E-state index is -3.47. The van der Waals surface area contributed by atoms with Crippen LogP contribution in [0.2, 0.25) is 0 Å². The molecule has 0 saturated heterocycles. The Morgan fingerprint density at radius 3 is 2.48 bits per heavy atom. The van der Waals surface area contributed by atoms with Gasteiger partial charge in [0.25, 0.3) is 11.8 Å². The van der Waals surface area contributed by atoms with Crippen molar-refractivity contribution in [2.45, 2.75) is 18.7 Å². The van der Waals surface area contributed by atoms with Gasteiger partial charge in [-0.3, -0.25) is 10.1 Å². The van der Waals surface area contributed by atoms with E-state index in [9.17, 15) is 13.2 Å². The smallest absolute Gasteiger partial charge is 0.322 e. The lowest BCUT2D eigenvalue weighted by Gasteiger charge is -2.03. The van der Waals surface area contributed by atoms with Gasteiger partial charge in [-0.25, -0.2) is 8.42 Å². The maximum Gasteiger partial charge on any atom is 0.322 e. The summed E-state index contributed by atoms with van der Waals surface area (Å²) in [5, 5.41) is 10.0. The van der Waals surface area contributed by atoms with Gasteiger partial charge < -0.3 is 8.83 Å². The first-order valence-corrected chi connectivity index (χ1v) is 9.16. The number of benzene rings is 1. The van der Waals surface area contributed by atoms with Crippen LogP contribution in [-0.2, 0) is 9.84 Å². The minimum Gasteiger partial charge on any atom is -0.466 e. The molecule has 1 N–H and O–H groups in total. The van der Waals surface area contributed by atoms with Gasteiger partial charge in [-0.2, -0.15) is 0 Å². The van der Waals surface area contributed by atoms with E-state index in [2.05, 4.69) is 15.5 Å². The Morgan fingerprint density at radius 2 is 1.84 bits per heavy atom. The molecule has 0 atom stereocenters. The number of furan rings is 1. The summed E-state index contributed by atoms with van der Waals surface area (Å²) in [4.78, 5) is 12.3. The van der Waals surface area contributed by atoms with E-state index in [0.29, 0.717) is 17.1 Å². The normalized spacial score (nSPS) is 11.5. The van der Waals surface area contributed by atoms with E-state index in [4.69, 9.17) is 8.83 Å². The zero-order chi connectivity index (χ0) is 18.2. The summed E-state index contributed by atoms with van der Waals surface area (Å²) in [6, 6.07) is 7.72. The lowest BCUT2D eigenvalue weighted by atomic mass is 10.2. The lowest BCUT2D eigenvalue weighted by molar-refractivity contribution is 0.102. The van der Waals surface area contributed by atoms with E-state index in [1.165, 1.54) is 6.07 Å². The van der Waals surface area contributed by atoms with Crippen LogP contribution in [0.4, 0.5) is 6.01 Å². The highest BCUT2D eigenvalue weighted by atomic mass is 32.2. The van der Waals surface area contributed by atoms with Gasteiger partial charge >= 0.3 is 6.01 Å². The molecule has 0 fully saturated rings. The van der Waals surface area contributed by atoms with Crippen LogP contribution in [0.25, 0.3) is 11.5 Å². The largest absolute Gasteiger partial charge is 0.466 e. The molecular weight excluding hydrogens is 346 g/mol. The number of aryl methyl sites for hydroxylation is 2. The summed E-state index contributed by atoms with van der Waals surface area (Å²) in [7, 11) is -3.47. The minimum absolute atomic E-state index is 0.00331. The molecule has 0 saturated carbocycles. The first-order valence-electron chi connectivity index (χ1n) is 7.27. The van der Waals surface area contributed by atoms with E-state index in [1.807, 2.05) is 0 Å². The third kappa shape index (κ3) is 3.45. The van der Waals surface area contributed by atoms with Crippen molar-refractivity contribution in [3.05, 3.63) is 47.4 Å². The topological polar surface area (TPSA) is 115 Å². The van der Waals surface area contributed by atoms with Crippen molar-refractivity contribution in [3.8, 4) is 11.5 Å². The Balaban J connectivity index is 1.89. The van der Waals surface area contributed by atoms with Gasteiger partial charge in [-0.1, -0.05) is 17.2 Å². The van der Waals surface area contributed by atoms with Crippen LogP contribution < -0.4 is 5.32 Å². The number of hydrogen-bond donors (Lipinski definition) is 1. The number of amides is 1. The molecule has 9 heteroatoms. The Kier molecular flexibility index (Phi) is 4.17. The highest BCUT2D eigenvalue weighted by Crippen LogP contribution is 2.27. The fourth-order valence-corrected chi connectivity index (χ4v) is 3.25. The third-order valence-corrected chi connectivity index (χ3v) is 4.60.